The molecule has 1 N–H and O–H groups in total. The molecule has 1 amide bonds. The highest BCUT2D eigenvalue weighted by molar-refractivity contribution is 7.90. The summed E-state index contributed by atoms with van der Waals surface area (Å²) in [5, 5.41) is 0. The number of carbonyl (C=O) groups is 1. The second kappa shape index (κ2) is 6.99. The molecule has 3 nitrogen and oxygen atoms in total. The highest BCUT2D eigenvalue weighted by Gasteiger charge is 2.32. The van der Waals surface area contributed by atoms with Gasteiger partial charge in [-0.25, -0.2) is 0 Å². The molecule has 0 fully saturated rings. The Labute approximate surface area is 118 Å². The predicted octanol–water partition coefficient (Wildman–Crippen LogP) is 3.28. The van der Waals surface area contributed by atoms with Crippen molar-refractivity contribution < 1.29 is 22.5 Å². The number of amides is 1. The van der Waals surface area contributed by atoms with Crippen LogP contribution in [0.15, 0.2) is 29.2 Å². The van der Waals surface area contributed by atoms with Crippen LogP contribution in [-0.2, 0) is 22.3 Å². The zero-order chi connectivity index (χ0) is 15.3. The fraction of sp³-hybridized carbons (Fsp3) is 0.462. The van der Waals surface area contributed by atoms with E-state index >= 15 is 0 Å². The average molecular weight is 307 g/mol. The number of rotatable bonds is 5. The van der Waals surface area contributed by atoms with Gasteiger partial charge in [-0.1, -0.05) is 26.3 Å². The summed E-state index contributed by atoms with van der Waals surface area (Å²) in [7, 11) is 0. The summed E-state index contributed by atoms with van der Waals surface area (Å²) in [5.74, 6) is -0.302. The maximum atomic E-state index is 12.5. The molecule has 2 atom stereocenters. The van der Waals surface area contributed by atoms with Gasteiger partial charge in [0.05, 0.1) is 5.56 Å². The Morgan fingerprint density at radius 1 is 1.45 bits per heavy atom. The summed E-state index contributed by atoms with van der Waals surface area (Å²) < 4.78 is 51.6. The Morgan fingerprint density at radius 3 is 2.65 bits per heavy atom. The molecule has 0 aliphatic carbocycles. The minimum Gasteiger partial charge on any atom is -0.588 e. The zero-order valence-corrected chi connectivity index (χ0v) is 12.0. The third-order valence-electron chi connectivity index (χ3n) is 2.81. The summed E-state index contributed by atoms with van der Waals surface area (Å²) in [5.41, 5.74) is -0.889. The summed E-state index contributed by atoms with van der Waals surface area (Å²) in [6, 6.07) is 4.12. The van der Waals surface area contributed by atoms with Gasteiger partial charge in [-0.3, -0.25) is 4.79 Å². The van der Waals surface area contributed by atoms with E-state index in [0.717, 1.165) is 24.6 Å². The van der Waals surface area contributed by atoms with Crippen LogP contribution in [0.25, 0.3) is 0 Å². The number of hydrogen-bond acceptors (Lipinski definition) is 2. The molecule has 0 radical (unpaired) electrons. The van der Waals surface area contributed by atoms with Crippen LogP contribution >= 0.6 is 0 Å². The highest BCUT2D eigenvalue weighted by atomic mass is 32.2. The van der Waals surface area contributed by atoms with Crippen molar-refractivity contribution >= 4 is 17.3 Å². The second-order valence-electron chi connectivity index (χ2n) is 4.54. The molecule has 112 valence electrons. The molecule has 1 unspecified atom stereocenters. The van der Waals surface area contributed by atoms with E-state index in [2.05, 4.69) is 4.72 Å². The average Bonchev–Trinajstić information content (AvgIpc) is 2.37. The normalized spacial score (nSPS) is 14.7. The number of hydrogen-bond donors (Lipinski definition) is 1. The first-order valence-corrected chi connectivity index (χ1v) is 7.27. The molecule has 0 aromatic heterocycles. The molecule has 1 aromatic rings. The first kappa shape index (κ1) is 16.8. The minimum atomic E-state index is -4.50. The maximum absolute atomic E-state index is 12.5. The van der Waals surface area contributed by atoms with Gasteiger partial charge >= 0.3 is 6.18 Å². The molecule has 0 aliphatic rings. The van der Waals surface area contributed by atoms with Gasteiger partial charge < -0.3 is 4.55 Å². The van der Waals surface area contributed by atoms with Crippen LogP contribution < -0.4 is 4.72 Å². The monoisotopic (exact) mass is 307 g/mol. The van der Waals surface area contributed by atoms with Crippen molar-refractivity contribution in [2.75, 3.05) is 0 Å². The largest absolute Gasteiger partial charge is 0.588 e. The van der Waals surface area contributed by atoms with E-state index in [4.69, 9.17) is 0 Å². The second-order valence-corrected chi connectivity index (χ2v) is 5.75. The van der Waals surface area contributed by atoms with Gasteiger partial charge in [-0.15, -0.1) is 0 Å². The Kier molecular flexibility index (Phi) is 5.88. The zero-order valence-electron chi connectivity index (χ0n) is 11.2. The van der Waals surface area contributed by atoms with Crippen molar-refractivity contribution in [3.63, 3.8) is 0 Å². The van der Waals surface area contributed by atoms with Gasteiger partial charge in [0.2, 0.25) is 0 Å². The first-order chi connectivity index (χ1) is 9.24. The van der Waals surface area contributed by atoms with Crippen LogP contribution in [0, 0.1) is 5.92 Å². The third-order valence-corrected chi connectivity index (χ3v) is 3.91. The molecule has 7 heteroatoms. The van der Waals surface area contributed by atoms with Crippen molar-refractivity contribution in [2.45, 2.75) is 37.8 Å². The predicted molar refractivity (Wildman–Crippen MR) is 70.1 cm³/mol. The van der Waals surface area contributed by atoms with Gasteiger partial charge in [0, 0.05) is 12.5 Å². The minimum absolute atomic E-state index is 0.0719. The van der Waals surface area contributed by atoms with E-state index in [1.165, 1.54) is 6.07 Å². The Morgan fingerprint density at radius 2 is 2.10 bits per heavy atom. The standard InChI is InChI=1S/C13H16F3NO2S/c1-3-9(2)7-12(18)17-20(19)11-6-4-5-10(8-11)13(14,15)16/h4-6,8-9H,3,7H2,1-2H3,(H,17,18)/t9-,20?/m0/s1. The Bertz CT molecular complexity index is 465. The first-order valence-electron chi connectivity index (χ1n) is 6.12. The van der Waals surface area contributed by atoms with Gasteiger partial charge in [-0.2, -0.15) is 17.9 Å². The molecule has 0 heterocycles. The molecule has 1 aromatic carbocycles. The number of carbonyl (C=O) groups excluding carboxylic acids is 1. The lowest BCUT2D eigenvalue weighted by Gasteiger charge is -2.13. The SMILES string of the molecule is CC[C@H](C)CC(=O)N[S+]([O-])c1cccc(C(F)(F)F)c1. The molecule has 0 aliphatic heterocycles. The summed E-state index contributed by atoms with van der Waals surface area (Å²) in [6.45, 7) is 3.79. The molecule has 0 spiro atoms. The topological polar surface area (TPSA) is 52.2 Å². The Hall–Kier alpha value is -1.21. The molecule has 0 saturated heterocycles. The molecule has 0 bridgehead atoms. The van der Waals surface area contributed by atoms with E-state index in [-0.39, 0.29) is 17.2 Å². The summed E-state index contributed by atoms with van der Waals surface area (Å²) in [6.07, 6.45) is -3.51. The van der Waals surface area contributed by atoms with E-state index < -0.39 is 29.0 Å². The van der Waals surface area contributed by atoms with Crippen molar-refractivity contribution in [3.8, 4) is 0 Å². The summed E-state index contributed by atoms with van der Waals surface area (Å²) >= 11 is -1.98. The van der Waals surface area contributed by atoms with Gasteiger partial charge in [0.1, 0.15) is 11.4 Å². The van der Waals surface area contributed by atoms with Crippen molar-refractivity contribution in [2.24, 2.45) is 5.92 Å². The van der Waals surface area contributed by atoms with E-state index in [9.17, 15) is 22.5 Å². The molecular weight excluding hydrogens is 291 g/mol. The smallest absolute Gasteiger partial charge is 0.416 e. The number of alkyl halides is 3. The van der Waals surface area contributed by atoms with E-state index in [0.29, 0.717) is 0 Å². The molecular formula is C13H16F3NO2S. The van der Waals surface area contributed by atoms with Crippen LogP contribution in [0.5, 0.6) is 0 Å². The van der Waals surface area contributed by atoms with Crippen LogP contribution in [-0.4, -0.2) is 10.5 Å². The van der Waals surface area contributed by atoms with Gasteiger partial charge in [0.25, 0.3) is 5.91 Å². The fourth-order valence-corrected chi connectivity index (χ4v) is 2.30. The lowest BCUT2D eigenvalue weighted by molar-refractivity contribution is -0.137. The number of benzene rings is 1. The van der Waals surface area contributed by atoms with Crippen molar-refractivity contribution in [1.29, 1.82) is 0 Å². The van der Waals surface area contributed by atoms with Crippen LogP contribution in [0.4, 0.5) is 13.2 Å². The van der Waals surface area contributed by atoms with Gasteiger partial charge in [0.15, 0.2) is 4.90 Å². The van der Waals surface area contributed by atoms with Crippen molar-refractivity contribution in [3.05, 3.63) is 29.8 Å². The highest BCUT2D eigenvalue weighted by Crippen LogP contribution is 2.30. The molecule has 0 saturated carbocycles. The third kappa shape index (κ3) is 5.05. The lowest BCUT2D eigenvalue weighted by Crippen LogP contribution is -2.31. The van der Waals surface area contributed by atoms with E-state index in [1.54, 1.807) is 0 Å². The maximum Gasteiger partial charge on any atom is 0.416 e. The van der Waals surface area contributed by atoms with Crippen molar-refractivity contribution in [1.82, 2.24) is 4.72 Å². The number of nitrogens with one attached hydrogen (secondary N) is 1. The van der Waals surface area contributed by atoms with Crippen LogP contribution in [0.1, 0.15) is 32.3 Å². The fourth-order valence-electron chi connectivity index (χ4n) is 1.45. The van der Waals surface area contributed by atoms with E-state index in [1.807, 2.05) is 13.8 Å². The Balaban J connectivity index is 2.73. The quantitative estimate of drug-likeness (QED) is 0.849. The van der Waals surface area contributed by atoms with Crippen LogP contribution in [0.2, 0.25) is 0 Å². The lowest BCUT2D eigenvalue weighted by atomic mass is 10.1. The van der Waals surface area contributed by atoms with Crippen LogP contribution in [0.3, 0.4) is 0 Å². The molecule has 1 rings (SSSR count). The molecule has 20 heavy (non-hydrogen) atoms. The number of halogens is 3. The van der Waals surface area contributed by atoms with Gasteiger partial charge in [-0.05, 0) is 18.1 Å². The summed E-state index contributed by atoms with van der Waals surface area (Å²) in [4.78, 5) is 11.5.